The molecule has 6 heteroatoms. The summed E-state index contributed by atoms with van der Waals surface area (Å²) in [6, 6.07) is 7.25. The second kappa shape index (κ2) is 6.51. The highest BCUT2D eigenvalue weighted by molar-refractivity contribution is 6.03. The van der Waals surface area contributed by atoms with Gasteiger partial charge >= 0.3 is 0 Å². The van der Waals surface area contributed by atoms with Crippen molar-refractivity contribution in [2.24, 2.45) is 0 Å². The van der Waals surface area contributed by atoms with Gasteiger partial charge in [0.1, 0.15) is 17.3 Å². The van der Waals surface area contributed by atoms with Gasteiger partial charge in [-0.25, -0.2) is 9.97 Å². The molecule has 2 aromatic rings. The standard InChI is InChI=1S/C14H16N4O2/c1-3-20-12-7-5-4-6-10(12)18-14(19)11-8-17-13(15-2)9-16-11/h4-9H,3H2,1-2H3,(H,15,17)(H,18,19). The lowest BCUT2D eigenvalue weighted by Gasteiger charge is -2.10. The van der Waals surface area contributed by atoms with Gasteiger partial charge in [-0.05, 0) is 19.1 Å². The molecule has 0 fully saturated rings. The minimum atomic E-state index is -0.327. The average Bonchev–Trinajstić information content (AvgIpc) is 2.49. The lowest BCUT2D eigenvalue weighted by molar-refractivity contribution is 0.102. The van der Waals surface area contributed by atoms with Crippen LogP contribution in [-0.4, -0.2) is 29.5 Å². The fourth-order valence-electron chi connectivity index (χ4n) is 1.61. The number of amides is 1. The second-order valence-electron chi connectivity index (χ2n) is 3.92. The van der Waals surface area contributed by atoms with Gasteiger partial charge in [0.05, 0.1) is 24.7 Å². The van der Waals surface area contributed by atoms with Gasteiger partial charge in [-0.3, -0.25) is 4.79 Å². The quantitative estimate of drug-likeness (QED) is 0.872. The van der Waals surface area contributed by atoms with Crippen LogP contribution in [0.15, 0.2) is 36.7 Å². The minimum Gasteiger partial charge on any atom is -0.492 e. The predicted octanol–water partition coefficient (Wildman–Crippen LogP) is 2.17. The maximum absolute atomic E-state index is 12.1. The Hall–Kier alpha value is -2.63. The van der Waals surface area contributed by atoms with E-state index in [1.807, 2.05) is 19.1 Å². The molecule has 0 unspecified atom stereocenters. The first kappa shape index (κ1) is 13.8. The molecule has 0 saturated carbocycles. The normalized spacial score (nSPS) is 9.90. The number of hydrogen-bond donors (Lipinski definition) is 2. The summed E-state index contributed by atoms with van der Waals surface area (Å²) in [5.74, 6) is 0.909. The van der Waals surface area contributed by atoms with Gasteiger partial charge in [0.2, 0.25) is 0 Å². The molecular formula is C14H16N4O2. The molecule has 0 aliphatic rings. The molecule has 2 rings (SSSR count). The van der Waals surface area contributed by atoms with E-state index in [0.717, 1.165) is 0 Å². The molecule has 1 heterocycles. The van der Waals surface area contributed by atoms with Gasteiger partial charge < -0.3 is 15.4 Å². The molecule has 1 amide bonds. The highest BCUT2D eigenvalue weighted by Gasteiger charge is 2.11. The van der Waals surface area contributed by atoms with E-state index in [-0.39, 0.29) is 11.6 Å². The van der Waals surface area contributed by atoms with Crippen molar-refractivity contribution in [3.8, 4) is 5.75 Å². The molecule has 20 heavy (non-hydrogen) atoms. The summed E-state index contributed by atoms with van der Waals surface area (Å²) in [5, 5.41) is 5.61. The summed E-state index contributed by atoms with van der Waals surface area (Å²) < 4.78 is 5.45. The zero-order valence-electron chi connectivity index (χ0n) is 11.4. The van der Waals surface area contributed by atoms with Gasteiger partial charge in [0, 0.05) is 7.05 Å². The van der Waals surface area contributed by atoms with Crippen molar-refractivity contribution in [2.75, 3.05) is 24.3 Å². The summed E-state index contributed by atoms with van der Waals surface area (Å²) >= 11 is 0. The summed E-state index contributed by atoms with van der Waals surface area (Å²) in [6.07, 6.45) is 2.92. The molecule has 0 spiro atoms. The maximum Gasteiger partial charge on any atom is 0.275 e. The molecule has 0 radical (unpaired) electrons. The summed E-state index contributed by atoms with van der Waals surface area (Å²) in [5.41, 5.74) is 0.856. The molecule has 1 aromatic heterocycles. The third kappa shape index (κ3) is 3.23. The Labute approximate surface area is 117 Å². The zero-order chi connectivity index (χ0) is 14.4. The Morgan fingerprint density at radius 3 is 2.70 bits per heavy atom. The molecule has 0 saturated heterocycles. The van der Waals surface area contributed by atoms with E-state index < -0.39 is 0 Å². The van der Waals surface area contributed by atoms with E-state index in [2.05, 4.69) is 20.6 Å². The number of anilines is 2. The van der Waals surface area contributed by atoms with E-state index in [1.165, 1.54) is 12.4 Å². The number of nitrogens with zero attached hydrogens (tertiary/aromatic N) is 2. The van der Waals surface area contributed by atoms with E-state index in [4.69, 9.17) is 4.74 Å². The molecule has 0 aliphatic carbocycles. The number of carbonyl (C=O) groups is 1. The molecule has 104 valence electrons. The van der Waals surface area contributed by atoms with Crippen LogP contribution in [0.2, 0.25) is 0 Å². The number of carbonyl (C=O) groups excluding carboxylic acids is 1. The Morgan fingerprint density at radius 2 is 2.05 bits per heavy atom. The van der Waals surface area contributed by atoms with Crippen LogP contribution in [0.4, 0.5) is 11.5 Å². The van der Waals surface area contributed by atoms with Crippen LogP contribution in [0.5, 0.6) is 5.75 Å². The van der Waals surface area contributed by atoms with Crippen LogP contribution in [-0.2, 0) is 0 Å². The monoisotopic (exact) mass is 272 g/mol. The molecule has 0 aliphatic heterocycles. The lowest BCUT2D eigenvalue weighted by atomic mass is 10.3. The van der Waals surface area contributed by atoms with Crippen molar-refractivity contribution in [3.05, 3.63) is 42.4 Å². The van der Waals surface area contributed by atoms with Gasteiger partial charge in [-0.2, -0.15) is 0 Å². The van der Waals surface area contributed by atoms with Gasteiger partial charge in [0.25, 0.3) is 5.91 Å². The number of hydrogen-bond acceptors (Lipinski definition) is 5. The first-order chi connectivity index (χ1) is 9.74. The van der Waals surface area contributed by atoms with Crippen molar-refractivity contribution in [1.82, 2.24) is 9.97 Å². The molecule has 1 aromatic carbocycles. The van der Waals surface area contributed by atoms with Gasteiger partial charge in [0.15, 0.2) is 0 Å². The Morgan fingerprint density at radius 1 is 1.25 bits per heavy atom. The number of nitrogens with one attached hydrogen (secondary N) is 2. The number of ether oxygens (including phenoxy) is 1. The van der Waals surface area contributed by atoms with Crippen LogP contribution in [0.25, 0.3) is 0 Å². The smallest absolute Gasteiger partial charge is 0.275 e. The topological polar surface area (TPSA) is 76.1 Å². The highest BCUT2D eigenvalue weighted by Crippen LogP contribution is 2.24. The van der Waals surface area contributed by atoms with E-state index in [0.29, 0.717) is 23.9 Å². The van der Waals surface area contributed by atoms with Crippen LogP contribution in [0, 0.1) is 0 Å². The number of rotatable bonds is 5. The largest absolute Gasteiger partial charge is 0.492 e. The molecule has 0 atom stereocenters. The number of para-hydroxylation sites is 2. The SMILES string of the molecule is CCOc1ccccc1NC(=O)c1cnc(NC)cn1. The Bertz CT molecular complexity index is 584. The first-order valence-electron chi connectivity index (χ1n) is 6.27. The van der Waals surface area contributed by atoms with Gasteiger partial charge in [-0.15, -0.1) is 0 Å². The maximum atomic E-state index is 12.1. The Balaban J connectivity index is 2.14. The van der Waals surface area contributed by atoms with E-state index in [9.17, 15) is 4.79 Å². The molecule has 2 N–H and O–H groups in total. The Kier molecular flexibility index (Phi) is 4.49. The summed E-state index contributed by atoms with van der Waals surface area (Å²) in [4.78, 5) is 20.2. The summed E-state index contributed by atoms with van der Waals surface area (Å²) in [7, 11) is 1.74. The van der Waals surface area contributed by atoms with E-state index >= 15 is 0 Å². The predicted molar refractivity (Wildman–Crippen MR) is 77.1 cm³/mol. The zero-order valence-corrected chi connectivity index (χ0v) is 11.4. The fourth-order valence-corrected chi connectivity index (χ4v) is 1.61. The molecular weight excluding hydrogens is 256 g/mol. The number of aromatic nitrogens is 2. The van der Waals surface area contributed by atoms with Crippen LogP contribution in [0.3, 0.4) is 0 Å². The molecule has 6 nitrogen and oxygen atoms in total. The van der Waals surface area contributed by atoms with Crippen LogP contribution in [0.1, 0.15) is 17.4 Å². The van der Waals surface area contributed by atoms with Gasteiger partial charge in [-0.1, -0.05) is 12.1 Å². The van der Waals surface area contributed by atoms with Crippen molar-refractivity contribution in [2.45, 2.75) is 6.92 Å². The third-order valence-electron chi connectivity index (χ3n) is 2.58. The van der Waals surface area contributed by atoms with Crippen molar-refractivity contribution < 1.29 is 9.53 Å². The fraction of sp³-hybridized carbons (Fsp3) is 0.214. The van der Waals surface area contributed by atoms with E-state index in [1.54, 1.807) is 19.2 Å². The molecule has 0 bridgehead atoms. The van der Waals surface area contributed by atoms with Crippen molar-refractivity contribution >= 4 is 17.4 Å². The average molecular weight is 272 g/mol. The van der Waals surface area contributed by atoms with Crippen LogP contribution >= 0.6 is 0 Å². The highest BCUT2D eigenvalue weighted by atomic mass is 16.5. The second-order valence-corrected chi connectivity index (χ2v) is 3.92. The van der Waals surface area contributed by atoms with Crippen LogP contribution < -0.4 is 15.4 Å². The lowest BCUT2D eigenvalue weighted by Crippen LogP contribution is -2.15. The number of benzene rings is 1. The minimum absolute atomic E-state index is 0.246. The first-order valence-corrected chi connectivity index (χ1v) is 6.27. The third-order valence-corrected chi connectivity index (χ3v) is 2.58. The van der Waals surface area contributed by atoms with Crippen molar-refractivity contribution in [1.29, 1.82) is 0 Å². The van der Waals surface area contributed by atoms with Crippen molar-refractivity contribution in [3.63, 3.8) is 0 Å². The summed E-state index contributed by atoms with van der Waals surface area (Å²) in [6.45, 7) is 2.42.